The quantitative estimate of drug-likeness (QED) is 0.551. The maximum absolute atomic E-state index is 10.1. The standard InChI is InChI=1S/C8H13N3O/c12-8(2-1-3-9-6-8)7-4-10-11-5-7/h4-5,9,12H,1-3,6H2,(H,10,11). The summed E-state index contributed by atoms with van der Waals surface area (Å²) >= 11 is 0. The number of aliphatic hydroxyl groups is 1. The van der Waals surface area contributed by atoms with Crippen LogP contribution in [0.5, 0.6) is 0 Å². The van der Waals surface area contributed by atoms with E-state index in [-0.39, 0.29) is 0 Å². The minimum atomic E-state index is -0.703. The fraction of sp³-hybridized carbons (Fsp3) is 0.625. The van der Waals surface area contributed by atoms with Gasteiger partial charge in [0.25, 0.3) is 0 Å². The molecule has 0 aliphatic carbocycles. The number of rotatable bonds is 1. The Morgan fingerprint density at radius 2 is 2.50 bits per heavy atom. The summed E-state index contributed by atoms with van der Waals surface area (Å²) in [6, 6.07) is 0. The summed E-state index contributed by atoms with van der Waals surface area (Å²) in [4.78, 5) is 0. The van der Waals surface area contributed by atoms with E-state index >= 15 is 0 Å². The van der Waals surface area contributed by atoms with Gasteiger partial charge in [0.2, 0.25) is 0 Å². The number of hydrogen-bond donors (Lipinski definition) is 3. The van der Waals surface area contributed by atoms with Crippen LogP contribution in [0, 0.1) is 0 Å². The van der Waals surface area contributed by atoms with Crippen LogP contribution in [-0.4, -0.2) is 28.4 Å². The zero-order chi connectivity index (χ0) is 8.44. The Labute approximate surface area is 71.0 Å². The van der Waals surface area contributed by atoms with E-state index in [1.165, 1.54) is 0 Å². The summed E-state index contributed by atoms with van der Waals surface area (Å²) in [6.07, 6.45) is 5.28. The first-order valence-electron chi connectivity index (χ1n) is 4.24. The number of nitrogens with one attached hydrogen (secondary N) is 2. The van der Waals surface area contributed by atoms with E-state index in [0.29, 0.717) is 6.54 Å². The number of aromatic nitrogens is 2. The van der Waals surface area contributed by atoms with Crippen molar-refractivity contribution in [2.24, 2.45) is 0 Å². The number of nitrogens with zero attached hydrogens (tertiary/aromatic N) is 1. The van der Waals surface area contributed by atoms with Crippen molar-refractivity contribution in [3.05, 3.63) is 18.0 Å². The predicted octanol–water partition coefficient (Wildman–Crippen LogP) is -0.0193. The number of piperidine rings is 1. The largest absolute Gasteiger partial charge is 0.384 e. The topological polar surface area (TPSA) is 60.9 Å². The molecule has 1 aliphatic rings. The molecule has 2 heterocycles. The molecule has 0 radical (unpaired) electrons. The van der Waals surface area contributed by atoms with Crippen molar-refractivity contribution in [3.8, 4) is 0 Å². The highest BCUT2D eigenvalue weighted by atomic mass is 16.3. The normalized spacial score (nSPS) is 30.4. The first kappa shape index (κ1) is 7.76. The van der Waals surface area contributed by atoms with Gasteiger partial charge in [0.15, 0.2) is 0 Å². The number of β-amino-alcohol motifs (C(OH)–C–C–N with tert-alkyl or cyclic N) is 1. The first-order chi connectivity index (χ1) is 5.81. The van der Waals surface area contributed by atoms with Gasteiger partial charge >= 0.3 is 0 Å². The Morgan fingerprint density at radius 3 is 3.08 bits per heavy atom. The lowest BCUT2D eigenvalue weighted by Gasteiger charge is -2.31. The van der Waals surface area contributed by atoms with Crippen LogP contribution in [0.2, 0.25) is 0 Å². The minimum Gasteiger partial charge on any atom is -0.384 e. The Hall–Kier alpha value is -0.870. The van der Waals surface area contributed by atoms with Crippen molar-refractivity contribution < 1.29 is 5.11 Å². The van der Waals surface area contributed by atoms with E-state index in [0.717, 1.165) is 24.9 Å². The molecule has 12 heavy (non-hydrogen) atoms. The second-order valence-corrected chi connectivity index (χ2v) is 3.30. The average molecular weight is 167 g/mol. The Bertz CT molecular complexity index is 239. The molecule has 1 aromatic heterocycles. The van der Waals surface area contributed by atoms with Crippen LogP contribution in [0.4, 0.5) is 0 Å². The van der Waals surface area contributed by atoms with Gasteiger partial charge in [-0.3, -0.25) is 5.10 Å². The van der Waals surface area contributed by atoms with Crippen LogP contribution >= 0.6 is 0 Å². The highest BCUT2D eigenvalue weighted by Crippen LogP contribution is 2.26. The molecule has 4 nitrogen and oxygen atoms in total. The minimum absolute atomic E-state index is 0.631. The second kappa shape index (κ2) is 2.88. The fourth-order valence-corrected chi connectivity index (χ4v) is 1.64. The average Bonchev–Trinajstić information content (AvgIpc) is 2.58. The maximum atomic E-state index is 10.1. The van der Waals surface area contributed by atoms with E-state index in [9.17, 15) is 5.11 Å². The van der Waals surface area contributed by atoms with Crippen LogP contribution in [0.1, 0.15) is 18.4 Å². The van der Waals surface area contributed by atoms with Crippen LogP contribution in [0.3, 0.4) is 0 Å². The highest BCUT2D eigenvalue weighted by Gasteiger charge is 2.31. The van der Waals surface area contributed by atoms with Gasteiger partial charge in [-0.1, -0.05) is 0 Å². The van der Waals surface area contributed by atoms with Gasteiger partial charge in [0.1, 0.15) is 5.60 Å². The Balaban J connectivity index is 2.19. The molecule has 1 aliphatic heterocycles. The van der Waals surface area contributed by atoms with E-state index < -0.39 is 5.60 Å². The molecule has 1 fully saturated rings. The fourth-order valence-electron chi connectivity index (χ4n) is 1.64. The molecule has 0 spiro atoms. The van der Waals surface area contributed by atoms with Gasteiger partial charge in [0.05, 0.1) is 6.20 Å². The lowest BCUT2D eigenvalue weighted by Crippen LogP contribution is -2.42. The van der Waals surface area contributed by atoms with Crippen LogP contribution in [0.25, 0.3) is 0 Å². The summed E-state index contributed by atoms with van der Waals surface area (Å²) in [7, 11) is 0. The molecule has 2 rings (SSSR count). The summed E-state index contributed by atoms with van der Waals surface area (Å²) in [5.41, 5.74) is 0.181. The van der Waals surface area contributed by atoms with Crippen LogP contribution in [-0.2, 0) is 5.60 Å². The van der Waals surface area contributed by atoms with Gasteiger partial charge in [0, 0.05) is 18.3 Å². The van der Waals surface area contributed by atoms with Gasteiger partial charge in [-0.05, 0) is 19.4 Å². The lowest BCUT2D eigenvalue weighted by molar-refractivity contribution is 0.0123. The van der Waals surface area contributed by atoms with E-state index in [2.05, 4.69) is 15.5 Å². The third-order valence-electron chi connectivity index (χ3n) is 2.40. The van der Waals surface area contributed by atoms with Crippen molar-refractivity contribution in [2.75, 3.05) is 13.1 Å². The molecule has 66 valence electrons. The molecular weight excluding hydrogens is 154 g/mol. The molecule has 0 aromatic carbocycles. The van der Waals surface area contributed by atoms with Crippen molar-refractivity contribution in [2.45, 2.75) is 18.4 Å². The monoisotopic (exact) mass is 167 g/mol. The third-order valence-corrected chi connectivity index (χ3v) is 2.40. The Kier molecular flexibility index (Phi) is 1.86. The number of aromatic amines is 1. The summed E-state index contributed by atoms with van der Waals surface area (Å²) < 4.78 is 0. The maximum Gasteiger partial charge on any atom is 0.105 e. The van der Waals surface area contributed by atoms with Crippen molar-refractivity contribution >= 4 is 0 Å². The summed E-state index contributed by atoms with van der Waals surface area (Å²) in [5.74, 6) is 0. The van der Waals surface area contributed by atoms with Gasteiger partial charge in [-0.15, -0.1) is 0 Å². The molecule has 1 aromatic rings. The van der Waals surface area contributed by atoms with E-state index in [1.807, 2.05) is 0 Å². The second-order valence-electron chi connectivity index (χ2n) is 3.30. The first-order valence-corrected chi connectivity index (χ1v) is 4.24. The third kappa shape index (κ3) is 1.23. The van der Waals surface area contributed by atoms with Crippen LogP contribution in [0.15, 0.2) is 12.4 Å². The predicted molar refractivity (Wildman–Crippen MR) is 44.6 cm³/mol. The number of H-pyrrole nitrogens is 1. The molecule has 1 atom stereocenters. The molecular formula is C8H13N3O. The zero-order valence-corrected chi connectivity index (χ0v) is 6.88. The highest BCUT2D eigenvalue weighted by molar-refractivity contribution is 5.15. The van der Waals surface area contributed by atoms with Crippen molar-refractivity contribution in [3.63, 3.8) is 0 Å². The van der Waals surface area contributed by atoms with Gasteiger partial charge in [-0.25, -0.2) is 0 Å². The molecule has 1 saturated heterocycles. The van der Waals surface area contributed by atoms with E-state index in [4.69, 9.17) is 0 Å². The molecule has 0 bridgehead atoms. The van der Waals surface area contributed by atoms with E-state index in [1.54, 1.807) is 12.4 Å². The summed E-state index contributed by atoms with van der Waals surface area (Å²) in [5, 5.41) is 19.8. The smallest absolute Gasteiger partial charge is 0.105 e. The Morgan fingerprint density at radius 1 is 1.58 bits per heavy atom. The SMILES string of the molecule is OC1(c2cn[nH]c2)CCCNC1. The zero-order valence-electron chi connectivity index (χ0n) is 6.88. The van der Waals surface area contributed by atoms with Crippen LogP contribution < -0.4 is 5.32 Å². The van der Waals surface area contributed by atoms with Gasteiger partial charge in [-0.2, -0.15) is 5.10 Å². The molecule has 4 heteroatoms. The van der Waals surface area contributed by atoms with Gasteiger partial charge < -0.3 is 10.4 Å². The molecule has 1 unspecified atom stereocenters. The lowest BCUT2D eigenvalue weighted by atomic mass is 9.89. The summed E-state index contributed by atoms with van der Waals surface area (Å²) in [6.45, 7) is 1.63. The molecule has 0 saturated carbocycles. The molecule has 0 amide bonds. The number of hydrogen-bond acceptors (Lipinski definition) is 3. The van der Waals surface area contributed by atoms with Crippen molar-refractivity contribution in [1.82, 2.24) is 15.5 Å². The molecule has 3 N–H and O–H groups in total. The van der Waals surface area contributed by atoms with Crippen molar-refractivity contribution in [1.29, 1.82) is 0 Å².